The highest BCUT2D eigenvalue weighted by Gasteiger charge is 2.42. The van der Waals surface area contributed by atoms with Crippen molar-refractivity contribution in [3.05, 3.63) is 0 Å². The minimum absolute atomic E-state index is 0.0958. The molecule has 2 atom stereocenters. The molecule has 3 aliphatic rings. The third kappa shape index (κ3) is 2.83. The van der Waals surface area contributed by atoms with E-state index in [1.54, 1.807) is 0 Å². The molecule has 0 aromatic heterocycles. The Morgan fingerprint density at radius 3 is 2.50 bits per heavy atom. The summed E-state index contributed by atoms with van der Waals surface area (Å²) >= 11 is 0. The summed E-state index contributed by atoms with van der Waals surface area (Å²) in [7, 11) is 0. The van der Waals surface area contributed by atoms with E-state index >= 15 is 0 Å². The Bertz CT molecular complexity index is 359. The molecule has 0 aromatic carbocycles. The Labute approximate surface area is 118 Å². The van der Waals surface area contributed by atoms with Gasteiger partial charge in [0.25, 0.3) is 0 Å². The minimum atomic E-state index is -2.56. The van der Waals surface area contributed by atoms with Gasteiger partial charge in [0.1, 0.15) is 0 Å². The molecule has 3 rings (SSSR count). The van der Waals surface area contributed by atoms with E-state index < -0.39 is 5.92 Å². The van der Waals surface area contributed by atoms with E-state index in [0.717, 1.165) is 38.8 Å². The summed E-state index contributed by atoms with van der Waals surface area (Å²) in [4.78, 5) is 14.5. The van der Waals surface area contributed by atoms with Crippen molar-refractivity contribution in [3.8, 4) is 0 Å². The van der Waals surface area contributed by atoms with Crippen LogP contribution in [0.5, 0.6) is 0 Å². The fourth-order valence-electron chi connectivity index (χ4n) is 3.88. The second-order valence-corrected chi connectivity index (χ2v) is 6.42. The zero-order chi connectivity index (χ0) is 14.2. The van der Waals surface area contributed by atoms with Crippen LogP contribution in [-0.2, 0) is 9.53 Å². The average molecular weight is 287 g/mol. The van der Waals surface area contributed by atoms with Gasteiger partial charge < -0.3 is 9.64 Å². The van der Waals surface area contributed by atoms with Crippen LogP contribution in [0.25, 0.3) is 0 Å². The number of nitrogens with zero attached hydrogens (tertiary/aromatic N) is 1. The summed E-state index contributed by atoms with van der Waals surface area (Å²) in [6, 6.07) is 0.187. The van der Waals surface area contributed by atoms with Crippen molar-refractivity contribution in [1.29, 1.82) is 0 Å². The second-order valence-electron chi connectivity index (χ2n) is 6.42. The molecular weight excluding hydrogens is 264 g/mol. The zero-order valence-corrected chi connectivity index (χ0v) is 11.8. The van der Waals surface area contributed by atoms with E-state index in [9.17, 15) is 13.6 Å². The molecular formula is C15H23F2NO2. The van der Waals surface area contributed by atoms with E-state index in [1.165, 1.54) is 0 Å². The van der Waals surface area contributed by atoms with Gasteiger partial charge in [-0.3, -0.25) is 4.79 Å². The number of alkyl halides is 2. The van der Waals surface area contributed by atoms with Crippen LogP contribution in [0.3, 0.4) is 0 Å². The highest BCUT2D eigenvalue weighted by molar-refractivity contribution is 5.79. The predicted molar refractivity (Wildman–Crippen MR) is 70.6 cm³/mol. The molecule has 1 amide bonds. The number of halogens is 2. The standard InChI is InChI=1S/C15H23F2NO2/c16-15(17)7-5-11(6-8-15)14(19)18-9-1-3-12(18)13-4-2-10-20-13/h11-13H,1-10H2. The Kier molecular flexibility index (Phi) is 3.98. The topological polar surface area (TPSA) is 29.5 Å². The summed E-state index contributed by atoms with van der Waals surface area (Å²) < 4.78 is 32.1. The lowest BCUT2D eigenvalue weighted by Gasteiger charge is -2.34. The van der Waals surface area contributed by atoms with Crippen molar-refractivity contribution >= 4 is 5.91 Å². The summed E-state index contributed by atoms with van der Waals surface area (Å²) in [6.07, 6.45) is 4.67. The quantitative estimate of drug-likeness (QED) is 0.781. The summed E-state index contributed by atoms with van der Waals surface area (Å²) in [6.45, 7) is 1.56. The number of rotatable bonds is 2. The monoisotopic (exact) mass is 287 g/mol. The van der Waals surface area contributed by atoms with Gasteiger partial charge >= 0.3 is 0 Å². The van der Waals surface area contributed by atoms with E-state index in [4.69, 9.17) is 4.74 Å². The molecule has 114 valence electrons. The van der Waals surface area contributed by atoms with Crippen molar-refractivity contribution < 1.29 is 18.3 Å². The molecule has 2 heterocycles. The fourth-order valence-corrected chi connectivity index (χ4v) is 3.88. The van der Waals surface area contributed by atoms with E-state index in [2.05, 4.69) is 0 Å². The molecule has 0 bridgehead atoms. The van der Waals surface area contributed by atoms with Gasteiger partial charge in [-0.1, -0.05) is 0 Å². The van der Waals surface area contributed by atoms with Gasteiger partial charge in [0.2, 0.25) is 11.8 Å². The Morgan fingerprint density at radius 1 is 1.10 bits per heavy atom. The Morgan fingerprint density at radius 2 is 1.85 bits per heavy atom. The number of ether oxygens (including phenoxy) is 1. The van der Waals surface area contributed by atoms with Gasteiger partial charge in [0.05, 0.1) is 12.1 Å². The molecule has 2 aliphatic heterocycles. The molecule has 1 aliphatic carbocycles. The smallest absolute Gasteiger partial charge is 0.248 e. The normalized spacial score (nSPS) is 34.6. The zero-order valence-electron chi connectivity index (χ0n) is 11.8. The SMILES string of the molecule is O=C(C1CCC(F)(F)CC1)N1CCCC1C1CCCO1. The molecule has 2 unspecified atom stereocenters. The van der Waals surface area contributed by atoms with Crippen LogP contribution in [0.2, 0.25) is 0 Å². The van der Waals surface area contributed by atoms with Gasteiger partial charge in [0.15, 0.2) is 0 Å². The summed E-state index contributed by atoms with van der Waals surface area (Å²) in [5, 5.41) is 0. The van der Waals surface area contributed by atoms with Crippen LogP contribution in [-0.4, -0.2) is 42.0 Å². The third-order valence-corrected chi connectivity index (χ3v) is 5.04. The van der Waals surface area contributed by atoms with Crippen LogP contribution < -0.4 is 0 Å². The van der Waals surface area contributed by atoms with Crippen molar-refractivity contribution in [1.82, 2.24) is 4.90 Å². The molecule has 3 nitrogen and oxygen atoms in total. The second kappa shape index (κ2) is 5.58. The fraction of sp³-hybridized carbons (Fsp3) is 0.933. The number of carbonyl (C=O) groups is 1. The van der Waals surface area contributed by atoms with Crippen molar-refractivity contribution in [2.45, 2.75) is 69.4 Å². The lowest BCUT2D eigenvalue weighted by molar-refractivity contribution is -0.142. The first-order valence-corrected chi connectivity index (χ1v) is 7.87. The predicted octanol–water partition coefficient (Wildman–Crippen LogP) is 2.98. The molecule has 2 saturated heterocycles. The van der Waals surface area contributed by atoms with E-state index in [1.807, 2.05) is 4.90 Å². The van der Waals surface area contributed by atoms with Crippen molar-refractivity contribution in [3.63, 3.8) is 0 Å². The van der Waals surface area contributed by atoms with Crippen LogP contribution in [0, 0.1) is 5.92 Å². The average Bonchev–Trinajstić information content (AvgIpc) is 3.08. The molecule has 20 heavy (non-hydrogen) atoms. The van der Waals surface area contributed by atoms with Crippen LogP contribution >= 0.6 is 0 Å². The molecule has 3 fully saturated rings. The molecule has 5 heteroatoms. The summed E-state index contributed by atoms with van der Waals surface area (Å²) in [5.41, 5.74) is 0. The number of likely N-dealkylation sites (tertiary alicyclic amines) is 1. The Balaban J connectivity index is 1.61. The first-order valence-electron chi connectivity index (χ1n) is 7.87. The van der Waals surface area contributed by atoms with E-state index in [0.29, 0.717) is 12.8 Å². The molecule has 1 saturated carbocycles. The molecule has 0 radical (unpaired) electrons. The largest absolute Gasteiger partial charge is 0.376 e. The Hall–Kier alpha value is -0.710. The third-order valence-electron chi connectivity index (χ3n) is 5.04. The minimum Gasteiger partial charge on any atom is -0.376 e. The maximum atomic E-state index is 13.2. The van der Waals surface area contributed by atoms with Crippen LogP contribution in [0.4, 0.5) is 8.78 Å². The van der Waals surface area contributed by atoms with Crippen LogP contribution in [0.1, 0.15) is 51.4 Å². The van der Waals surface area contributed by atoms with Gasteiger partial charge in [-0.05, 0) is 38.5 Å². The van der Waals surface area contributed by atoms with Gasteiger partial charge in [-0.15, -0.1) is 0 Å². The van der Waals surface area contributed by atoms with Gasteiger partial charge in [-0.25, -0.2) is 8.78 Å². The van der Waals surface area contributed by atoms with Crippen LogP contribution in [0.15, 0.2) is 0 Å². The highest BCUT2D eigenvalue weighted by Crippen LogP contribution is 2.38. The summed E-state index contributed by atoms with van der Waals surface area (Å²) in [5.74, 6) is -2.66. The molecule has 0 aromatic rings. The molecule has 0 N–H and O–H groups in total. The number of carbonyl (C=O) groups excluding carboxylic acids is 1. The van der Waals surface area contributed by atoms with Gasteiger partial charge in [-0.2, -0.15) is 0 Å². The van der Waals surface area contributed by atoms with E-state index in [-0.39, 0.29) is 36.8 Å². The first kappa shape index (κ1) is 14.2. The highest BCUT2D eigenvalue weighted by atomic mass is 19.3. The maximum Gasteiger partial charge on any atom is 0.248 e. The maximum absolute atomic E-state index is 13.2. The van der Waals surface area contributed by atoms with Gasteiger partial charge in [0, 0.05) is 31.9 Å². The number of amides is 1. The number of hydrogen-bond donors (Lipinski definition) is 0. The number of hydrogen-bond acceptors (Lipinski definition) is 2. The molecule has 0 spiro atoms. The van der Waals surface area contributed by atoms with Crippen molar-refractivity contribution in [2.24, 2.45) is 5.92 Å². The van der Waals surface area contributed by atoms with Crippen molar-refractivity contribution in [2.75, 3.05) is 13.2 Å². The first-order chi connectivity index (χ1) is 9.57. The lowest BCUT2D eigenvalue weighted by atomic mass is 9.85. The lowest BCUT2D eigenvalue weighted by Crippen LogP contribution is -2.46.